The second-order valence-corrected chi connectivity index (χ2v) is 7.68. The van der Waals surface area contributed by atoms with Gasteiger partial charge in [0, 0.05) is 5.56 Å². The summed E-state index contributed by atoms with van der Waals surface area (Å²) in [7, 11) is 1.66. The van der Waals surface area contributed by atoms with Gasteiger partial charge in [-0.1, -0.05) is 49.6 Å². The Labute approximate surface area is 161 Å². The van der Waals surface area contributed by atoms with Gasteiger partial charge in [-0.15, -0.1) is 0 Å². The minimum atomic E-state index is -0.00265. The first-order valence-electron chi connectivity index (χ1n) is 10.0. The number of nitrogens with one attached hydrogen (secondary N) is 2. The van der Waals surface area contributed by atoms with E-state index in [4.69, 9.17) is 4.74 Å². The topological polar surface area (TPSA) is 50.4 Å². The van der Waals surface area contributed by atoms with E-state index < -0.39 is 0 Å². The Morgan fingerprint density at radius 1 is 1.07 bits per heavy atom. The van der Waals surface area contributed by atoms with E-state index in [2.05, 4.69) is 10.6 Å². The molecule has 0 radical (unpaired) electrons. The number of hydrogen-bond acceptors (Lipinski definition) is 3. The maximum absolute atomic E-state index is 13.2. The van der Waals surface area contributed by atoms with Crippen molar-refractivity contribution in [3.05, 3.63) is 54.1 Å². The van der Waals surface area contributed by atoms with Gasteiger partial charge in [0.2, 0.25) is 0 Å². The molecule has 27 heavy (non-hydrogen) atoms. The number of fused-ring (bicyclic) bond motifs is 1. The normalized spacial score (nSPS) is 24.7. The van der Waals surface area contributed by atoms with Gasteiger partial charge in [0.25, 0.3) is 5.91 Å². The molecule has 4 rings (SSSR count). The van der Waals surface area contributed by atoms with Crippen molar-refractivity contribution in [2.75, 3.05) is 13.7 Å². The van der Waals surface area contributed by atoms with E-state index in [-0.39, 0.29) is 12.1 Å². The van der Waals surface area contributed by atoms with Crippen molar-refractivity contribution in [3.8, 4) is 16.9 Å². The van der Waals surface area contributed by atoms with Gasteiger partial charge in [-0.25, -0.2) is 0 Å². The minimum absolute atomic E-state index is 0.00265. The summed E-state index contributed by atoms with van der Waals surface area (Å²) in [4.78, 5) is 13.2. The van der Waals surface area contributed by atoms with E-state index >= 15 is 0 Å². The van der Waals surface area contributed by atoms with Crippen LogP contribution in [0.5, 0.6) is 5.75 Å². The van der Waals surface area contributed by atoms with Crippen LogP contribution in [0.15, 0.2) is 48.5 Å². The molecule has 2 aromatic rings. The van der Waals surface area contributed by atoms with E-state index in [1.807, 2.05) is 48.5 Å². The third kappa shape index (κ3) is 3.86. The fraction of sp³-hybridized carbons (Fsp3) is 0.435. The summed E-state index contributed by atoms with van der Waals surface area (Å²) in [5, 5.41) is 6.84. The van der Waals surface area contributed by atoms with Gasteiger partial charge in [-0.2, -0.15) is 0 Å². The van der Waals surface area contributed by atoms with Gasteiger partial charge in [0.05, 0.1) is 13.3 Å². The molecule has 1 aliphatic carbocycles. The van der Waals surface area contributed by atoms with Gasteiger partial charge in [0.1, 0.15) is 5.75 Å². The molecule has 2 aliphatic rings. The first-order chi connectivity index (χ1) is 13.3. The fourth-order valence-corrected chi connectivity index (χ4v) is 4.71. The van der Waals surface area contributed by atoms with Crippen LogP contribution in [0.3, 0.4) is 0 Å². The molecule has 0 bridgehead atoms. The number of amides is 1. The molecule has 0 aromatic heterocycles. The summed E-state index contributed by atoms with van der Waals surface area (Å²) in [5.41, 5.74) is 2.64. The Hall–Kier alpha value is -2.33. The average molecular weight is 364 g/mol. The SMILES string of the molecule is COc1cccc(-c2ccccc2C(=O)NC2NCCC3CCCCC32)c1. The van der Waals surface area contributed by atoms with Crippen LogP contribution < -0.4 is 15.4 Å². The molecule has 2 aromatic carbocycles. The predicted octanol–water partition coefficient (Wildman–Crippen LogP) is 4.22. The van der Waals surface area contributed by atoms with E-state index in [0.717, 1.165) is 29.3 Å². The number of carbonyl (C=O) groups excluding carboxylic acids is 1. The molecular weight excluding hydrogens is 336 g/mol. The average Bonchev–Trinajstić information content (AvgIpc) is 2.74. The lowest BCUT2D eigenvalue weighted by Gasteiger charge is -2.42. The molecule has 2 fully saturated rings. The smallest absolute Gasteiger partial charge is 0.253 e. The monoisotopic (exact) mass is 364 g/mol. The zero-order valence-corrected chi connectivity index (χ0v) is 15.9. The van der Waals surface area contributed by atoms with Crippen LogP contribution in [0, 0.1) is 11.8 Å². The highest BCUT2D eigenvalue weighted by atomic mass is 16.5. The number of carbonyl (C=O) groups is 1. The van der Waals surface area contributed by atoms with Gasteiger partial charge in [-0.05, 0) is 60.5 Å². The van der Waals surface area contributed by atoms with E-state index in [1.54, 1.807) is 7.11 Å². The number of piperidine rings is 1. The number of rotatable bonds is 4. The lowest BCUT2D eigenvalue weighted by Crippen LogP contribution is -2.56. The highest BCUT2D eigenvalue weighted by Gasteiger charge is 2.35. The van der Waals surface area contributed by atoms with E-state index in [1.165, 1.54) is 32.1 Å². The third-order valence-corrected chi connectivity index (χ3v) is 6.11. The lowest BCUT2D eigenvalue weighted by atomic mass is 9.74. The molecule has 1 amide bonds. The molecule has 2 N–H and O–H groups in total. The quantitative estimate of drug-likeness (QED) is 0.854. The number of benzene rings is 2. The zero-order valence-electron chi connectivity index (χ0n) is 15.9. The molecule has 0 spiro atoms. The maximum atomic E-state index is 13.2. The van der Waals surface area contributed by atoms with Crippen molar-refractivity contribution in [1.29, 1.82) is 0 Å². The predicted molar refractivity (Wildman–Crippen MR) is 108 cm³/mol. The standard InChI is InChI=1S/C23H28N2O2/c1-27-18-9-6-8-17(15-18)19-10-4-5-12-21(19)23(26)25-22-20-11-3-2-7-16(20)13-14-24-22/h4-6,8-10,12,15-16,20,22,24H,2-3,7,11,13-14H2,1H3,(H,25,26). The van der Waals surface area contributed by atoms with Crippen LogP contribution in [-0.4, -0.2) is 25.7 Å². The lowest BCUT2D eigenvalue weighted by molar-refractivity contribution is 0.0790. The maximum Gasteiger partial charge on any atom is 0.253 e. The van der Waals surface area contributed by atoms with Crippen molar-refractivity contribution >= 4 is 5.91 Å². The molecule has 1 saturated carbocycles. The first-order valence-corrected chi connectivity index (χ1v) is 10.0. The Bertz CT molecular complexity index is 802. The van der Waals surface area contributed by atoms with Crippen LogP contribution >= 0.6 is 0 Å². The minimum Gasteiger partial charge on any atom is -0.497 e. The van der Waals surface area contributed by atoms with Crippen LogP contribution in [0.25, 0.3) is 11.1 Å². The number of ether oxygens (including phenoxy) is 1. The molecule has 4 nitrogen and oxygen atoms in total. The van der Waals surface area contributed by atoms with Crippen molar-refractivity contribution in [1.82, 2.24) is 10.6 Å². The molecule has 3 unspecified atom stereocenters. The summed E-state index contributed by atoms with van der Waals surface area (Å²) in [6, 6.07) is 15.7. The van der Waals surface area contributed by atoms with Crippen LogP contribution in [-0.2, 0) is 0 Å². The van der Waals surface area contributed by atoms with Gasteiger partial charge >= 0.3 is 0 Å². The van der Waals surface area contributed by atoms with Crippen molar-refractivity contribution in [2.24, 2.45) is 11.8 Å². The van der Waals surface area contributed by atoms with Gasteiger partial charge < -0.3 is 10.1 Å². The fourth-order valence-electron chi connectivity index (χ4n) is 4.71. The summed E-state index contributed by atoms with van der Waals surface area (Å²) < 4.78 is 5.35. The number of methoxy groups -OCH3 is 1. The number of hydrogen-bond donors (Lipinski definition) is 2. The van der Waals surface area contributed by atoms with Crippen molar-refractivity contribution in [3.63, 3.8) is 0 Å². The summed E-state index contributed by atoms with van der Waals surface area (Å²) in [6.07, 6.45) is 6.43. The Morgan fingerprint density at radius 2 is 1.93 bits per heavy atom. The molecule has 1 heterocycles. The van der Waals surface area contributed by atoms with Crippen LogP contribution in [0.2, 0.25) is 0 Å². The van der Waals surface area contributed by atoms with E-state index in [0.29, 0.717) is 11.5 Å². The molecular formula is C23H28N2O2. The molecule has 1 aliphatic heterocycles. The Kier molecular flexibility index (Phi) is 5.44. The molecule has 142 valence electrons. The summed E-state index contributed by atoms with van der Waals surface area (Å²) in [5.74, 6) is 2.10. The van der Waals surface area contributed by atoms with E-state index in [9.17, 15) is 4.79 Å². The summed E-state index contributed by atoms with van der Waals surface area (Å²) >= 11 is 0. The first kappa shape index (κ1) is 18.1. The molecule has 1 saturated heterocycles. The van der Waals surface area contributed by atoms with Crippen molar-refractivity contribution in [2.45, 2.75) is 38.3 Å². The van der Waals surface area contributed by atoms with Crippen molar-refractivity contribution < 1.29 is 9.53 Å². The second kappa shape index (κ2) is 8.13. The van der Waals surface area contributed by atoms with Gasteiger partial charge in [0.15, 0.2) is 0 Å². The largest absolute Gasteiger partial charge is 0.497 e. The van der Waals surface area contributed by atoms with Crippen LogP contribution in [0.1, 0.15) is 42.5 Å². The zero-order chi connectivity index (χ0) is 18.6. The molecule has 4 heteroatoms. The molecule has 3 atom stereocenters. The second-order valence-electron chi connectivity index (χ2n) is 7.68. The highest BCUT2D eigenvalue weighted by Crippen LogP contribution is 2.36. The van der Waals surface area contributed by atoms with Crippen LogP contribution in [0.4, 0.5) is 0 Å². The van der Waals surface area contributed by atoms with Gasteiger partial charge in [-0.3, -0.25) is 10.1 Å². The Balaban J connectivity index is 1.57. The Morgan fingerprint density at radius 3 is 2.81 bits per heavy atom. The third-order valence-electron chi connectivity index (χ3n) is 6.11. The highest BCUT2D eigenvalue weighted by molar-refractivity contribution is 6.01. The summed E-state index contributed by atoms with van der Waals surface area (Å²) in [6.45, 7) is 0.990.